The van der Waals surface area contributed by atoms with Crippen LogP contribution in [-0.2, 0) is 6.42 Å². The molecule has 1 heterocycles. The highest BCUT2D eigenvalue weighted by molar-refractivity contribution is 6.35. The summed E-state index contributed by atoms with van der Waals surface area (Å²) in [5, 5.41) is 4.00. The van der Waals surface area contributed by atoms with Crippen LogP contribution in [0.5, 0.6) is 0 Å². The van der Waals surface area contributed by atoms with E-state index in [1.165, 1.54) is 0 Å². The van der Waals surface area contributed by atoms with E-state index in [0.717, 1.165) is 17.5 Å². The summed E-state index contributed by atoms with van der Waals surface area (Å²) >= 11 is 6.19. The maximum Gasteiger partial charge on any atom is 0.251 e. The van der Waals surface area contributed by atoms with E-state index < -0.39 is 0 Å². The molecule has 3 nitrogen and oxygen atoms in total. The minimum Gasteiger partial charge on any atom is -0.355 e. The highest BCUT2D eigenvalue weighted by Crippen LogP contribution is 2.26. The number of aromatic nitrogens is 1. The highest BCUT2D eigenvalue weighted by atomic mass is 35.5. The highest BCUT2D eigenvalue weighted by Gasteiger charge is 2.12. The van der Waals surface area contributed by atoms with E-state index in [1.807, 2.05) is 12.1 Å². The third kappa shape index (κ3) is 2.87. The van der Waals surface area contributed by atoms with Gasteiger partial charge in [-0.05, 0) is 30.5 Å². The minimum absolute atomic E-state index is 0.125. The molecule has 0 aliphatic heterocycles. The van der Waals surface area contributed by atoms with Gasteiger partial charge in [-0.2, -0.15) is 0 Å². The second kappa shape index (κ2) is 5.57. The van der Waals surface area contributed by atoms with Crippen molar-refractivity contribution in [3.05, 3.63) is 40.5 Å². The quantitative estimate of drug-likeness (QED) is 0.933. The normalized spacial score (nSPS) is 11.0. The van der Waals surface area contributed by atoms with E-state index in [-0.39, 0.29) is 5.91 Å². The standard InChI is InChI=1S/C15H17ClN2O/c1-9(2)8-10-4-5-11-12(15(19)17-3)6-7-13(16)14(11)18-10/h4-7,9H,8H2,1-3H3,(H,17,19). The van der Waals surface area contributed by atoms with Crippen molar-refractivity contribution < 1.29 is 4.79 Å². The van der Waals surface area contributed by atoms with Crippen LogP contribution in [-0.4, -0.2) is 17.9 Å². The van der Waals surface area contributed by atoms with Crippen molar-refractivity contribution >= 4 is 28.4 Å². The zero-order valence-electron chi connectivity index (χ0n) is 11.3. The van der Waals surface area contributed by atoms with Gasteiger partial charge < -0.3 is 5.32 Å². The van der Waals surface area contributed by atoms with Crippen LogP contribution in [0.15, 0.2) is 24.3 Å². The number of hydrogen-bond acceptors (Lipinski definition) is 2. The van der Waals surface area contributed by atoms with Gasteiger partial charge in [0.05, 0.1) is 10.5 Å². The SMILES string of the molecule is CNC(=O)c1ccc(Cl)c2nc(CC(C)C)ccc12. The lowest BCUT2D eigenvalue weighted by atomic mass is 10.0. The van der Waals surface area contributed by atoms with E-state index in [1.54, 1.807) is 19.2 Å². The van der Waals surface area contributed by atoms with E-state index in [0.29, 0.717) is 22.0 Å². The third-order valence-corrected chi connectivity index (χ3v) is 3.26. The van der Waals surface area contributed by atoms with Crippen LogP contribution in [0.25, 0.3) is 10.9 Å². The molecule has 1 aromatic carbocycles. The lowest BCUT2D eigenvalue weighted by molar-refractivity contribution is 0.0964. The van der Waals surface area contributed by atoms with Crippen LogP contribution in [0.4, 0.5) is 0 Å². The smallest absolute Gasteiger partial charge is 0.251 e. The molecule has 1 aromatic heterocycles. The zero-order valence-corrected chi connectivity index (χ0v) is 12.1. The molecule has 0 fully saturated rings. The first kappa shape index (κ1) is 13.8. The lowest BCUT2D eigenvalue weighted by Crippen LogP contribution is -2.18. The first-order chi connectivity index (χ1) is 9.02. The fourth-order valence-corrected chi connectivity index (χ4v) is 2.30. The van der Waals surface area contributed by atoms with Crippen molar-refractivity contribution in [2.75, 3.05) is 7.05 Å². The van der Waals surface area contributed by atoms with E-state index in [4.69, 9.17) is 11.6 Å². The summed E-state index contributed by atoms with van der Waals surface area (Å²) in [6.45, 7) is 4.29. The number of hydrogen-bond donors (Lipinski definition) is 1. The Hall–Kier alpha value is -1.61. The summed E-state index contributed by atoms with van der Waals surface area (Å²) in [6.07, 6.45) is 0.899. The predicted molar refractivity (Wildman–Crippen MR) is 78.7 cm³/mol. The molecule has 0 atom stereocenters. The van der Waals surface area contributed by atoms with Crippen LogP contribution < -0.4 is 5.32 Å². The number of carbonyl (C=O) groups excluding carboxylic acids is 1. The molecular formula is C15H17ClN2O. The number of benzene rings is 1. The second-order valence-corrected chi connectivity index (χ2v) is 5.38. The number of pyridine rings is 1. The first-order valence-electron chi connectivity index (χ1n) is 6.33. The van der Waals surface area contributed by atoms with Crippen molar-refractivity contribution in [2.45, 2.75) is 20.3 Å². The van der Waals surface area contributed by atoms with Gasteiger partial charge in [0.1, 0.15) is 0 Å². The Morgan fingerprint density at radius 2 is 2.05 bits per heavy atom. The molecule has 0 radical (unpaired) electrons. The maximum atomic E-state index is 11.8. The average molecular weight is 277 g/mol. The molecule has 2 rings (SSSR count). The predicted octanol–water partition coefficient (Wildman–Crippen LogP) is 3.45. The van der Waals surface area contributed by atoms with Gasteiger partial charge in [-0.3, -0.25) is 9.78 Å². The fourth-order valence-electron chi connectivity index (χ4n) is 2.09. The number of fused-ring (bicyclic) bond motifs is 1. The van der Waals surface area contributed by atoms with E-state index >= 15 is 0 Å². The summed E-state index contributed by atoms with van der Waals surface area (Å²) in [7, 11) is 1.61. The Morgan fingerprint density at radius 1 is 1.32 bits per heavy atom. The lowest BCUT2D eigenvalue weighted by Gasteiger charge is -2.09. The number of carbonyl (C=O) groups is 1. The van der Waals surface area contributed by atoms with Crippen molar-refractivity contribution in [3.63, 3.8) is 0 Å². The van der Waals surface area contributed by atoms with Crippen LogP contribution in [0.2, 0.25) is 5.02 Å². The van der Waals surface area contributed by atoms with Crippen LogP contribution >= 0.6 is 11.6 Å². The summed E-state index contributed by atoms with van der Waals surface area (Å²) in [5.74, 6) is 0.408. The second-order valence-electron chi connectivity index (χ2n) is 4.97. The molecule has 4 heteroatoms. The topological polar surface area (TPSA) is 42.0 Å². The maximum absolute atomic E-state index is 11.8. The number of amides is 1. The number of nitrogens with one attached hydrogen (secondary N) is 1. The molecule has 0 aliphatic rings. The fraction of sp³-hybridized carbons (Fsp3) is 0.333. The summed E-state index contributed by atoms with van der Waals surface area (Å²) in [5.41, 5.74) is 2.30. The monoisotopic (exact) mass is 276 g/mol. The molecule has 1 amide bonds. The molecule has 0 unspecified atom stereocenters. The largest absolute Gasteiger partial charge is 0.355 e. The summed E-state index contributed by atoms with van der Waals surface area (Å²) < 4.78 is 0. The van der Waals surface area contributed by atoms with Crippen molar-refractivity contribution in [1.82, 2.24) is 10.3 Å². The molecule has 0 saturated heterocycles. The summed E-state index contributed by atoms with van der Waals surface area (Å²) in [6, 6.07) is 7.34. The van der Waals surface area contributed by atoms with Gasteiger partial charge in [-0.15, -0.1) is 0 Å². The molecule has 1 N–H and O–H groups in total. The molecule has 100 valence electrons. The zero-order chi connectivity index (χ0) is 14.0. The number of halogens is 1. The van der Waals surface area contributed by atoms with Gasteiger partial charge in [0.15, 0.2) is 0 Å². The first-order valence-corrected chi connectivity index (χ1v) is 6.71. The molecule has 0 spiro atoms. The molecular weight excluding hydrogens is 260 g/mol. The Balaban J connectivity index is 2.59. The van der Waals surface area contributed by atoms with E-state index in [9.17, 15) is 4.79 Å². The Kier molecular flexibility index (Phi) is 4.05. The van der Waals surface area contributed by atoms with Crippen LogP contribution in [0.1, 0.15) is 29.9 Å². The molecule has 0 saturated carbocycles. The molecule has 0 aliphatic carbocycles. The summed E-state index contributed by atoms with van der Waals surface area (Å²) in [4.78, 5) is 16.4. The molecule has 19 heavy (non-hydrogen) atoms. The third-order valence-electron chi connectivity index (χ3n) is 2.95. The average Bonchev–Trinajstić information content (AvgIpc) is 2.38. The Labute approximate surface area is 118 Å². The van der Waals surface area contributed by atoms with Gasteiger partial charge in [0, 0.05) is 23.7 Å². The Bertz CT molecular complexity index is 623. The van der Waals surface area contributed by atoms with Crippen LogP contribution in [0, 0.1) is 5.92 Å². The number of rotatable bonds is 3. The van der Waals surface area contributed by atoms with Gasteiger partial charge in [-0.1, -0.05) is 31.5 Å². The van der Waals surface area contributed by atoms with Gasteiger partial charge >= 0.3 is 0 Å². The van der Waals surface area contributed by atoms with Gasteiger partial charge in [0.2, 0.25) is 0 Å². The van der Waals surface area contributed by atoms with Gasteiger partial charge in [-0.25, -0.2) is 0 Å². The Morgan fingerprint density at radius 3 is 2.68 bits per heavy atom. The number of nitrogens with zero attached hydrogens (tertiary/aromatic N) is 1. The molecule has 2 aromatic rings. The van der Waals surface area contributed by atoms with Crippen LogP contribution in [0.3, 0.4) is 0 Å². The van der Waals surface area contributed by atoms with Crippen molar-refractivity contribution in [3.8, 4) is 0 Å². The van der Waals surface area contributed by atoms with Crippen molar-refractivity contribution in [2.24, 2.45) is 5.92 Å². The van der Waals surface area contributed by atoms with E-state index in [2.05, 4.69) is 24.1 Å². The minimum atomic E-state index is -0.125. The van der Waals surface area contributed by atoms with Gasteiger partial charge in [0.25, 0.3) is 5.91 Å². The molecule has 0 bridgehead atoms. The van der Waals surface area contributed by atoms with Crippen molar-refractivity contribution in [1.29, 1.82) is 0 Å².